The van der Waals surface area contributed by atoms with Crippen molar-refractivity contribution in [1.82, 2.24) is 5.32 Å². The maximum atomic E-state index is 4.82. The average molecular weight is 115 g/mol. The van der Waals surface area contributed by atoms with Gasteiger partial charge < -0.3 is 10.1 Å². The summed E-state index contributed by atoms with van der Waals surface area (Å²) >= 11 is 0. The van der Waals surface area contributed by atoms with Crippen LogP contribution in [0.1, 0.15) is 0 Å². The van der Waals surface area contributed by atoms with Crippen LogP contribution in [0.3, 0.4) is 0 Å². The van der Waals surface area contributed by atoms with Gasteiger partial charge in [0, 0.05) is 13.7 Å². The molecule has 0 aliphatic heterocycles. The highest BCUT2D eigenvalue weighted by Crippen LogP contribution is 1.84. The lowest BCUT2D eigenvalue weighted by molar-refractivity contribution is 0.224. The Balaban J connectivity index is 3.06. The van der Waals surface area contributed by atoms with E-state index in [9.17, 15) is 0 Å². The van der Waals surface area contributed by atoms with Gasteiger partial charge in [-0.1, -0.05) is 6.58 Å². The predicted molar refractivity (Wildman–Crippen MR) is 34.9 cm³/mol. The topological polar surface area (TPSA) is 21.3 Å². The first-order chi connectivity index (χ1) is 3.81. The molecule has 0 unspecified atom stereocenters. The summed E-state index contributed by atoms with van der Waals surface area (Å²) in [6.45, 7) is 5.24. The molecule has 0 spiro atoms. The predicted octanol–water partition coefficient (Wildman–Crippen LogP) is 0.408. The molecule has 0 radical (unpaired) electrons. The molecule has 0 saturated heterocycles. The van der Waals surface area contributed by atoms with Crippen molar-refractivity contribution in [3.05, 3.63) is 12.2 Å². The quantitative estimate of drug-likeness (QED) is 0.536. The van der Waals surface area contributed by atoms with E-state index in [1.165, 1.54) is 0 Å². The van der Waals surface area contributed by atoms with Crippen LogP contribution < -0.4 is 5.32 Å². The summed E-state index contributed by atoms with van der Waals surface area (Å²) in [5.41, 5.74) is 1.08. The lowest BCUT2D eigenvalue weighted by atomic mass is 10.3. The molecule has 0 aromatic rings. The molecule has 0 aliphatic carbocycles. The van der Waals surface area contributed by atoms with E-state index in [4.69, 9.17) is 4.74 Å². The zero-order chi connectivity index (χ0) is 6.41. The van der Waals surface area contributed by atoms with Crippen molar-refractivity contribution in [2.75, 3.05) is 27.3 Å². The third-order valence-electron chi connectivity index (χ3n) is 0.775. The van der Waals surface area contributed by atoms with Crippen LogP contribution in [0.25, 0.3) is 0 Å². The molecule has 0 aliphatic rings. The van der Waals surface area contributed by atoms with Crippen molar-refractivity contribution in [2.45, 2.75) is 0 Å². The second kappa shape index (κ2) is 4.81. The highest BCUT2D eigenvalue weighted by atomic mass is 16.5. The van der Waals surface area contributed by atoms with Gasteiger partial charge in [0.15, 0.2) is 0 Å². The number of hydrogen-bond acceptors (Lipinski definition) is 2. The van der Waals surface area contributed by atoms with Crippen LogP contribution in [0.2, 0.25) is 0 Å². The molecule has 8 heavy (non-hydrogen) atoms. The third-order valence-corrected chi connectivity index (χ3v) is 0.775. The van der Waals surface area contributed by atoms with E-state index in [2.05, 4.69) is 11.9 Å². The number of likely N-dealkylation sites (N-methyl/N-ethyl adjacent to an activating group) is 1. The number of methoxy groups -OCH3 is 1. The normalized spacial score (nSPS) is 9.25. The molecule has 0 saturated carbocycles. The van der Waals surface area contributed by atoms with Crippen molar-refractivity contribution in [3.8, 4) is 0 Å². The molecular weight excluding hydrogens is 102 g/mol. The molecule has 0 fully saturated rings. The van der Waals surface area contributed by atoms with Gasteiger partial charge in [0.05, 0.1) is 6.61 Å². The molecule has 0 aromatic carbocycles. The highest BCUT2D eigenvalue weighted by molar-refractivity contribution is 4.95. The van der Waals surface area contributed by atoms with Gasteiger partial charge in [-0.25, -0.2) is 0 Å². The first-order valence-electron chi connectivity index (χ1n) is 2.61. The lowest BCUT2D eigenvalue weighted by Gasteiger charge is -2.00. The standard InChI is InChI=1S/C6H13NO/c1-6(4-7-2)5-8-3/h7H,1,4-5H2,2-3H3. The van der Waals surface area contributed by atoms with Gasteiger partial charge in [0.1, 0.15) is 0 Å². The van der Waals surface area contributed by atoms with Crippen LogP contribution in [0, 0.1) is 0 Å². The minimum absolute atomic E-state index is 0.654. The average Bonchev–Trinajstić information content (AvgIpc) is 1.68. The minimum atomic E-state index is 0.654. The first-order valence-corrected chi connectivity index (χ1v) is 2.61. The second-order valence-electron chi connectivity index (χ2n) is 1.71. The molecule has 0 rings (SSSR count). The Morgan fingerprint density at radius 1 is 1.75 bits per heavy atom. The van der Waals surface area contributed by atoms with Crippen LogP contribution in [0.4, 0.5) is 0 Å². The molecule has 0 heterocycles. The van der Waals surface area contributed by atoms with Crippen molar-refractivity contribution >= 4 is 0 Å². The number of rotatable bonds is 4. The zero-order valence-corrected chi connectivity index (χ0v) is 5.53. The fraction of sp³-hybridized carbons (Fsp3) is 0.667. The van der Waals surface area contributed by atoms with E-state index in [1.807, 2.05) is 7.05 Å². The maximum absolute atomic E-state index is 4.82. The van der Waals surface area contributed by atoms with Crippen LogP contribution in [0.5, 0.6) is 0 Å². The van der Waals surface area contributed by atoms with Gasteiger partial charge in [0.25, 0.3) is 0 Å². The van der Waals surface area contributed by atoms with Crippen molar-refractivity contribution in [1.29, 1.82) is 0 Å². The summed E-state index contributed by atoms with van der Waals surface area (Å²) in [4.78, 5) is 0. The molecule has 48 valence electrons. The highest BCUT2D eigenvalue weighted by Gasteiger charge is 1.86. The van der Waals surface area contributed by atoms with Crippen molar-refractivity contribution in [2.24, 2.45) is 0 Å². The smallest absolute Gasteiger partial charge is 0.0682 e. The second-order valence-corrected chi connectivity index (χ2v) is 1.71. The monoisotopic (exact) mass is 115 g/mol. The van der Waals surface area contributed by atoms with Crippen LogP contribution in [0.15, 0.2) is 12.2 Å². The van der Waals surface area contributed by atoms with Crippen LogP contribution >= 0.6 is 0 Å². The fourth-order valence-corrected chi connectivity index (χ4v) is 0.505. The van der Waals surface area contributed by atoms with Crippen LogP contribution in [-0.2, 0) is 4.74 Å². The fourth-order valence-electron chi connectivity index (χ4n) is 0.505. The van der Waals surface area contributed by atoms with E-state index in [-0.39, 0.29) is 0 Å². The summed E-state index contributed by atoms with van der Waals surface area (Å²) in [6.07, 6.45) is 0. The summed E-state index contributed by atoms with van der Waals surface area (Å²) in [5, 5.41) is 2.97. The SMILES string of the molecule is C=C(CNC)COC. The Kier molecular flexibility index (Phi) is 4.61. The molecule has 2 nitrogen and oxygen atoms in total. The lowest BCUT2D eigenvalue weighted by Crippen LogP contribution is -2.12. The summed E-state index contributed by atoms with van der Waals surface area (Å²) in [7, 11) is 3.56. The molecule has 0 amide bonds. The van der Waals surface area contributed by atoms with Crippen molar-refractivity contribution < 1.29 is 4.74 Å². The Morgan fingerprint density at radius 3 is 2.75 bits per heavy atom. The number of ether oxygens (including phenoxy) is 1. The van der Waals surface area contributed by atoms with E-state index in [1.54, 1.807) is 7.11 Å². The van der Waals surface area contributed by atoms with Gasteiger partial charge >= 0.3 is 0 Å². The zero-order valence-electron chi connectivity index (χ0n) is 5.53. The molecule has 0 atom stereocenters. The Hall–Kier alpha value is -0.340. The van der Waals surface area contributed by atoms with Gasteiger partial charge in [-0.2, -0.15) is 0 Å². The number of nitrogens with one attached hydrogen (secondary N) is 1. The van der Waals surface area contributed by atoms with Crippen molar-refractivity contribution in [3.63, 3.8) is 0 Å². The largest absolute Gasteiger partial charge is 0.380 e. The van der Waals surface area contributed by atoms with E-state index < -0.39 is 0 Å². The summed E-state index contributed by atoms with van der Waals surface area (Å²) < 4.78 is 4.82. The maximum Gasteiger partial charge on any atom is 0.0682 e. The van der Waals surface area contributed by atoms with Crippen LogP contribution in [-0.4, -0.2) is 27.3 Å². The van der Waals surface area contributed by atoms with E-state index in [0.717, 1.165) is 12.1 Å². The third kappa shape index (κ3) is 3.84. The minimum Gasteiger partial charge on any atom is -0.380 e. The molecule has 0 aromatic heterocycles. The van der Waals surface area contributed by atoms with Gasteiger partial charge in [-0.05, 0) is 12.6 Å². The van der Waals surface area contributed by atoms with Gasteiger partial charge in [-0.3, -0.25) is 0 Å². The van der Waals surface area contributed by atoms with Gasteiger partial charge in [0.2, 0.25) is 0 Å². The molecule has 1 N–H and O–H groups in total. The Bertz CT molecular complexity index is 62.9. The molecule has 2 heteroatoms. The Labute approximate surface area is 50.5 Å². The molecule has 0 bridgehead atoms. The van der Waals surface area contributed by atoms with Gasteiger partial charge in [-0.15, -0.1) is 0 Å². The van der Waals surface area contributed by atoms with E-state index >= 15 is 0 Å². The molecular formula is C6H13NO. The Morgan fingerprint density at radius 2 is 2.38 bits per heavy atom. The first kappa shape index (κ1) is 7.66. The summed E-state index contributed by atoms with van der Waals surface area (Å²) in [5.74, 6) is 0. The van der Waals surface area contributed by atoms with E-state index in [0.29, 0.717) is 6.61 Å². The summed E-state index contributed by atoms with van der Waals surface area (Å²) in [6, 6.07) is 0. The number of hydrogen-bond donors (Lipinski definition) is 1.